The van der Waals surface area contributed by atoms with Crippen molar-refractivity contribution >= 4 is 5.97 Å². The standard InChI is InChI=1S/C13H10FNO2/c14-12-4-3-10(13(16)17)7-11(12)6-9-2-1-5-15-8-9/h1-5,7-8H,6H2,(H,16,17). The van der Waals surface area contributed by atoms with Crippen molar-refractivity contribution < 1.29 is 14.3 Å². The van der Waals surface area contributed by atoms with Crippen LogP contribution in [0.5, 0.6) is 0 Å². The van der Waals surface area contributed by atoms with Crippen molar-refractivity contribution in [3.8, 4) is 0 Å². The maximum absolute atomic E-state index is 13.5. The molecule has 1 N–H and O–H groups in total. The molecule has 0 amide bonds. The van der Waals surface area contributed by atoms with E-state index in [4.69, 9.17) is 5.11 Å². The van der Waals surface area contributed by atoms with Crippen LogP contribution in [-0.2, 0) is 6.42 Å². The number of hydrogen-bond acceptors (Lipinski definition) is 2. The largest absolute Gasteiger partial charge is 0.478 e. The molecule has 1 heterocycles. The van der Waals surface area contributed by atoms with E-state index in [0.29, 0.717) is 12.0 Å². The van der Waals surface area contributed by atoms with Gasteiger partial charge >= 0.3 is 5.97 Å². The first-order valence-electron chi connectivity index (χ1n) is 5.07. The van der Waals surface area contributed by atoms with Gasteiger partial charge in [-0.15, -0.1) is 0 Å². The fraction of sp³-hybridized carbons (Fsp3) is 0.0769. The Hall–Kier alpha value is -2.23. The van der Waals surface area contributed by atoms with E-state index in [1.54, 1.807) is 18.5 Å². The maximum Gasteiger partial charge on any atom is 0.335 e. The lowest BCUT2D eigenvalue weighted by atomic mass is 10.0. The monoisotopic (exact) mass is 231 g/mol. The molecule has 0 bridgehead atoms. The summed E-state index contributed by atoms with van der Waals surface area (Å²) in [5.41, 5.74) is 1.29. The zero-order valence-corrected chi connectivity index (χ0v) is 8.93. The van der Waals surface area contributed by atoms with Crippen molar-refractivity contribution in [2.24, 2.45) is 0 Å². The SMILES string of the molecule is O=C(O)c1ccc(F)c(Cc2cccnc2)c1. The summed E-state index contributed by atoms with van der Waals surface area (Å²) in [6.45, 7) is 0. The average Bonchev–Trinajstić information content (AvgIpc) is 2.33. The number of aromatic carboxylic acids is 1. The van der Waals surface area contributed by atoms with Gasteiger partial charge in [0.2, 0.25) is 0 Å². The number of halogens is 1. The Morgan fingerprint density at radius 2 is 2.18 bits per heavy atom. The van der Waals surface area contributed by atoms with Crippen LogP contribution in [0.2, 0.25) is 0 Å². The van der Waals surface area contributed by atoms with Gasteiger partial charge < -0.3 is 5.11 Å². The van der Waals surface area contributed by atoms with Crippen molar-refractivity contribution in [1.29, 1.82) is 0 Å². The summed E-state index contributed by atoms with van der Waals surface area (Å²) in [7, 11) is 0. The summed E-state index contributed by atoms with van der Waals surface area (Å²) < 4.78 is 13.5. The normalized spacial score (nSPS) is 10.2. The second-order valence-corrected chi connectivity index (χ2v) is 3.65. The van der Waals surface area contributed by atoms with E-state index in [9.17, 15) is 9.18 Å². The van der Waals surface area contributed by atoms with Gasteiger partial charge in [0.15, 0.2) is 0 Å². The number of aromatic nitrogens is 1. The quantitative estimate of drug-likeness (QED) is 0.882. The maximum atomic E-state index is 13.5. The first kappa shape index (κ1) is 11.3. The molecule has 0 fully saturated rings. The molecule has 2 aromatic rings. The van der Waals surface area contributed by atoms with Gasteiger partial charge in [-0.05, 0) is 35.4 Å². The van der Waals surface area contributed by atoms with Crippen LogP contribution in [0.25, 0.3) is 0 Å². The molecule has 4 heteroatoms. The van der Waals surface area contributed by atoms with Crippen molar-refractivity contribution in [2.45, 2.75) is 6.42 Å². The second kappa shape index (κ2) is 4.74. The van der Waals surface area contributed by atoms with Crippen LogP contribution in [0.3, 0.4) is 0 Å². The van der Waals surface area contributed by atoms with Crippen LogP contribution >= 0.6 is 0 Å². The summed E-state index contributed by atoms with van der Waals surface area (Å²) >= 11 is 0. The van der Waals surface area contributed by atoms with E-state index in [1.165, 1.54) is 18.2 Å². The van der Waals surface area contributed by atoms with Crippen LogP contribution in [0, 0.1) is 5.82 Å². The van der Waals surface area contributed by atoms with Crippen molar-refractivity contribution in [1.82, 2.24) is 4.98 Å². The van der Waals surface area contributed by atoms with E-state index in [-0.39, 0.29) is 5.56 Å². The third-order valence-electron chi connectivity index (χ3n) is 2.41. The van der Waals surface area contributed by atoms with Crippen LogP contribution in [-0.4, -0.2) is 16.1 Å². The minimum atomic E-state index is -1.06. The number of carboxylic acids is 1. The summed E-state index contributed by atoms with van der Waals surface area (Å²) in [4.78, 5) is 14.7. The fourth-order valence-corrected chi connectivity index (χ4v) is 1.57. The smallest absolute Gasteiger partial charge is 0.335 e. The molecule has 17 heavy (non-hydrogen) atoms. The van der Waals surface area contributed by atoms with Crippen molar-refractivity contribution in [2.75, 3.05) is 0 Å². The van der Waals surface area contributed by atoms with Gasteiger partial charge in [-0.1, -0.05) is 6.07 Å². The molecule has 0 aliphatic heterocycles. The number of carboxylic acid groups (broad SMARTS) is 1. The Morgan fingerprint density at radius 3 is 2.82 bits per heavy atom. The third-order valence-corrected chi connectivity index (χ3v) is 2.41. The molecule has 0 saturated heterocycles. The fourth-order valence-electron chi connectivity index (χ4n) is 1.57. The van der Waals surface area contributed by atoms with Gasteiger partial charge in [0.05, 0.1) is 5.56 Å². The number of pyridine rings is 1. The summed E-state index contributed by atoms with van der Waals surface area (Å²) in [6.07, 6.45) is 3.60. The Morgan fingerprint density at radius 1 is 1.35 bits per heavy atom. The highest BCUT2D eigenvalue weighted by Crippen LogP contribution is 2.15. The van der Waals surface area contributed by atoms with Crippen LogP contribution in [0.1, 0.15) is 21.5 Å². The molecule has 0 aliphatic rings. The van der Waals surface area contributed by atoms with Crippen LogP contribution in [0.15, 0.2) is 42.7 Å². The number of hydrogen-bond donors (Lipinski definition) is 1. The minimum absolute atomic E-state index is 0.0882. The van der Waals surface area contributed by atoms with E-state index in [1.807, 2.05) is 6.07 Å². The first-order valence-corrected chi connectivity index (χ1v) is 5.07. The predicted octanol–water partition coefficient (Wildman–Crippen LogP) is 2.51. The molecule has 86 valence electrons. The average molecular weight is 231 g/mol. The second-order valence-electron chi connectivity index (χ2n) is 3.65. The Kier molecular flexibility index (Phi) is 3.14. The van der Waals surface area contributed by atoms with E-state index >= 15 is 0 Å². The van der Waals surface area contributed by atoms with Crippen molar-refractivity contribution in [3.63, 3.8) is 0 Å². The summed E-state index contributed by atoms with van der Waals surface area (Å²) in [5, 5.41) is 8.83. The molecule has 1 aromatic carbocycles. The van der Waals surface area contributed by atoms with Crippen LogP contribution < -0.4 is 0 Å². The molecular weight excluding hydrogens is 221 g/mol. The molecule has 1 aromatic heterocycles. The third kappa shape index (κ3) is 2.66. The van der Waals surface area contributed by atoms with Gasteiger partial charge in [0.1, 0.15) is 5.82 Å². The molecular formula is C13H10FNO2. The highest BCUT2D eigenvalue weighted by molar-refractivity contribution is 5.87. The Labute approximate surface area is 97.6 Å². The molecule has 2 rings (SSSR count). The minimum Gasteiger partial charge on any atom is -0.478 e. The topological polar surface area (TPSA) is 50.2 Å². The highest BCUT2D eigenvalue weighted by atomic mass is 19.1. The van der Waals surface area contributed by atoms with Gasteiger partial charge in [0, 0.05) is 18.8 Å². The number of rotatable bonds is 3. The number of benzene rings is 1. The molecule has 0 spiro atoms. The first-order chi connectivity index (χ1) is 8.16. The Balaban J connectivity index is 2.32. The number of carbonyl (C=O) groups is 1. The van der Waals surface area contributed by atoms with E-state index in [0.717, 1.165) is 5.56 Å². The molecule has 0 aliphatic carbocycles. The lowest BCUT2D eigenvalue weighted by Crippen LogP contribution is -2.00. The predicted molar refractivity (Wildman–Crippen MR) is 60.4 cm³/mol. The lowest BCUT2D eigenvalue weighted by Gasteiger charge is -2.04. The summed E-state index contributed by atoms with van der Waals surface area (Å²) in [5.74, 6) is -1.46. The van der Waals surface area contributed by atoms with Gasteiger partial charge in [0.25, 0.3) is 0 Å². The highest BCUT2D eigenvalue weighted by Gasteiger charge is 2.08. The number of nitrogens with zero attached hydrogens (tertiary/aromatic N) is 1. The van der Waals surface area contributed by atoms with Gasteiger partial charge in [-0.25, -0.2) is 9.18 Å². The van der Waals surface area contributed by atoms with Gasteiger partial charge in [-0.3, -0.25) is 4.98 Å². The molecule has 0 saturated carbocycles. The molecule has 0 radical (unpaired) electrons. The van der Waals surface area contributed by atoms with E-state index < -0.39 is 11.8 Å². The van der Waals surface area contributed by atoms with Crippen LogP contribution in [0.4, 0.5) is 4.39 Å². The molecule has 0 atom stereocenters. The molecule has 0 unspecified atom stereocenters. The zero-order chi connectivity index (χ0) is 12.3. The van der Waals surface area contributed by atoms with E-state index in [2.05, 4.69) is 4.98 Å². The molecule has 3 nitrogen and oxygen atoms in total. The summed E-state index contributed by atoms with van der Waals surface area (Å²) in [6, 6.07) is 7.36. The Bertz CT molecular complexity index is 540. The van der Waals surface area contributed by atoms with Crippen molar-refractivity contribution in [3.05, 3.63) is 65.2 Å². The lowest BCUT2D eigenvalue weighted by molar-refractivity contribution is 0.0696. The van der Waals surface area contributed by atoms with Gasteiger partial charge in [-0.2, -0.15) is 0 Å². The zero-order valence-electron chi connectivity index (χ0n) is 8.93.